The number of methoxy groups -OCH3 is 1. The molecule has 0 bridgehead atoms. The van der Waals surface area contributed by atoms with Gasteiger partial charge in [0.2, 0.25) is 5.82 Å². The Bertz CT molecular complexity index is 925. The minimum Gasteiger partial charge on any atom is -0.375 e. The summed E-state index contributed by atoms with van der Waals surface area (Å²) in [6, 6.07) is 12.1. The fraction of sp³-hybridized carbons (Fsp3) is 0.263. The molecule has 0 atom stereocenters. The second kappa shape index (κ2) is 6.47. The van der Waals surface area contributed by atoms with Gasteiger partial charge in [-0.3, -0.25) is 0 Å². The summed E-state index contributed by atoms with van der Waals surface area (Å²) in [5, 5.41) is 3.86. The Morgan fingerprint density at radius 1 is 0.963 bits per heavy atom. The summed E-state index contributed by atoms with van der Waals surface area (Å²) in [6.45, 7) is 1.00. The molecule has 1 saturated heterocycles. The minimum absolute atomic E-state index is 0.226. The summed E-state index contributed by atoms with van der Waals surface area (Å²) in [7, 11) is 1.64. The molecule has 0 aliphatic carbocycles. The summed E-state index contributed by atoms with van der Waals surface area (Å²) in [5.41, 5.74) is 0.995. The van der Waals surface area contributed by atoms with Crippen molar-refractivity contribution in [3.63, 3.8) is 0 Å². The van der Waals surface area contributed by atoms with Crippen LogP contribution in [0.2, 0.25) is 0 Å². The van der Waals surface area contributed by atoms with Gasteiger partial charge < -0.3 is 14.0 Å². The monoisotopic (exact) mass is 376 g/mol. The molecule has 1 aliphatic heterocycles. The second-order valence-electron chi connectivity index (χ2n) is 6.27. The van der Waals surface area contributed by atoms with E-state index in [1.807, 2.05) is 24.3 Å². The zero-order valence-corrected chi connectivity index (χ0v) is 14.3. The van der Waals surface area contributed by atoms with Gasteiger partial charge in [0, 0.05) is 18.2 Å². The number of hydrogen-bond acceptors (Lipinski definition) is 5. The molecular weight excluding hydrogens is 361 g/mol. The molecule has 1 aromatic heterocycles. The molecule has 1 aliphatic rings. The third-order valence-corrected chi connectivity index (χ3v) is 4.62. The molecule has 2 aromatic carbocycles. The van der Waals surface area contributed by atoms with Gasteiger partial charge in [-0.15, -0.1) is 0 Å². The van der Waals surface area contributed by atoms with E-state index < -0.39 is 17.3 Å². The van der Waals surface area contributed by atoms with Gasteiger partial charge >= 0.3 is 6.18 Å². The summed E-state index contributed by atoms with van der Waals surface area (Å²) in [4.78, 5) is 4.27. The molecule has 0 spiro atoms. The highest BCUT2D eigenvalue weighted by Gasteiger charge is 2.40. The van der Waals surface area contributed by atoms with Crippen LogP contribution in [0.3, 0.4) is 0 Å². The van der Waals surface area contributed by atoms with Crippen LogP contribution in [0.5, 0.6) is 0 Å². The average Bonchev–Trinajstić information content (AvgIpc) is 3.11. The SMILES string of the molecule is COC1(c2ccc(-c3nc(-c4ccc(C(F)(F)F)cc4)no3)cc2)COC1. The van der Waals surface area contributed by atoms with Crippen molar-refractivity contribution in [1.29, 1.82) is 0 Å². The van der Waals surface area contributed by atoms with Crippen LogP contribution in [0.1, 0.15) is 11.1 Å². The lowest BCUT2D eigenvalue weighted by Crippen LogP contribution is -2.48. The quantitative estimate of drug-likeness (QED) is 0.680. The lowest BCUT2D eigenvalue weighted by atomic mass is 9.91. The molecule has 3 aromatic rings. The van der Waals surface area contributed by atoms with Crippen LogP contribution in [0.4, 0.5) is 13.2 Å². The van der Waals surface area contributed by atoms with Gasteiger partial charge in [0.25, 0.3) is 5.89 Å². The molecular formula is C19H15F3N2O3. The van der Waals surface area contributed by atoms with E-state index in [1.54, 1.807) is 7.11 Å². The lowest BCUT2D eigenvalue weighted by molar-refractivity contribution is -0.202. The molecule has 27 heavy (non-hydrogen) atoms. The van der Waals surface area contributed by atoms with Crippen LogP contribution in [-0.2, 0) is 21.3 Å². The van der Waals surface area contributed by atoms with E-state index in [2.05, 4.69) is 10.1 Å². The highest BCUT2D eigenvalue weighted by atomic mass is 19.4. The van der Waals surface area contributed by atoms with Crippen LogP contribution >= 0.6 is 0 Å². The highest BCUT2D eigenvalue weighted by molar-refractivity contribution is 5.60. The number of halogens is 3. The van der Waals surface area contributed by atoms with Crippen LogP contribution in [0.25, 0.3) is 22.8 Å². The Kier molecular flexibility index (Phi) is 4.24. The molecule has 1 fully saturated rings. The van der Waals surface area contributed by atoms with E-state index in [0.717, 1.165) is 17.7 Å². The molecule has 0 radical (unpaired) electrons. The average molecular weight is 376 g/mol. The van der Waals surface area contributed by atoms with Gasteiger partial charge in [-0.1, -0.05) is 29.4 Å². The number of benzene rings is 2. The van der Waals surface area contributed by atoms with Crippen molar-refractivity contribution in [2.75, 3.05) is 20.3 Å². The number of rotatable bonds is 4. The summed E-state index contributed by atoms with van der Waals surface area (Å²) in [6.07, 6.45) is -4.38. The lowest BCUT2D eigenvalue weighted by Gasteiger charge is -2.40. The van der Waals surface area contributed by atoms with Gasteiger partial charge in [-0.2, -0.15) is 18.2 Å². The molecule has 5 nitrogen and oxygen atoms in total. The summed E-state index contributed by atoms with van der Waals surface area (Å²) in [5.74, 6) is 0.510. The Labute approximate surface area is 152 Å². The van der Waals surface area contributed by atoms with Crippen LogP contribution < -0.4 is 0 Å². The van der Waals surface area contributed by atoms with Crippen molar-refractivity contribution < 1.29 is 27.2 Å². The molecule has 2 heterocycles. The number of hydrogen-bond donors (Lipinski definition) is 0. The van der Waals surface area contributed by atoms with Crippen molar-refractivity contribution in [2.24, 2.45) is 0 Å². The predicted molar refractivity (Wildman–Crippen MR) is 89.7 cm³/mol. The number of aromatic nitrogens is 2. The van der Waals surface area contributed by atoms with E-state index >= 15 is 0 Å². The maximum atomic E-state index is 12.7. The zero-order valence-electron chi connectivity index (χ0n) is 14.3. The van der Waals surface area contributed by atoms with Crippen molar-refractivity contribution in [1.82, 2.24) is 10.1 Å². The van der Waals surface area contributed by atoms with Crippen molar-refractivity contribution in [3.05, 3.63) is 59.7 Å². The minimum atomic E-state index is -4.38. The summed E-state index contributed by atoms with van der Waals surface area (Å²) >= 11 is 0. The molecule has 8 heteroatoms. The first-order valence-corrected chi connectivity index (χ1v) is 8.16. The molecule has 0 unspecified atom stereocenters. The van der Waals surface area contributed by atoms with Gasteiger partial charge in [-0.25, -0.2) is 0 Å². The van der Waals surface area contributed by atoms with Crippen molar-refractivity contribution >= 4 is 0 Å². The van der Waals surface area contributed by atoms with Gasteiger partial charge in [0.15, 0.2) is 0 Å². The first kappa shape index (κ1) is 17.7. The molecule has 4 rings (SSSR count). The first-order chi connectivity index (χ1) is 12.9. The Morgan fingerprint density at radius 3 is 2.11 bits per heavy atom. The fourth-order valence-corrected chi connectivity index (χ4v) is 2.87. The number of ether oxygens (including phenoxy) is 2. The summed E-state index contributed by atoms with van der Waals surface area (Å²) < 4.78 is 54.0. The normalized spacial score (nSPS) is 16.1. The molecule has 0 amide bonds. The van der Waals surface area contributed by atoms with Gasteiger partial charge in [0.05, 0.1) is 18.8 Å². The number of alkyl halides is 3. The maximum absolute atomic E-state index is 12.7. The van der Waals surface area contributed by atoms with E-state index in [9.17, 15) is 13.2 Å². The van der Waals surface area contributed by atoms with Gasteiger partial charge in [-0.05, 0) is 29.8 Å². The largest absolute Gasteiger partial charge is 0.416 e. The predicted octanol–water partition coefficient (Wildman–Crippen LogP) is 4.29. The van der Waals surface area contributed by atoms with Crippen molar-refractivity contribution in [2.45, 2.75) is 11.8 Å². The Hall–Kier alpha value is -2.71. The van der Waals surface area contributed by atoms with Gasteiger partial charge in [0.1, 0.15) is 5.60 Å². The highest BCUT2D eigenvalue weighted by Crippen LogP contribution is 2.34. The fourth-order valence-electron chi connectivity index (χ4n) is 2.87. The van der Waals surface area contributed by atoms with Crippen LogP contribution in [0.15, 0.2) is 53.1 Å². The van der Waals surface area contributed by atoms with E-state index in [4.69, 9.17) is 14.0 Å². The Balaban J connectivity index is 1.56. The molecule has 140 valence electrons. The molecule has 0 N–H and O–H groups in total. The number of nitrogens with zero attached hydrogens (tertiary/aromatic N) is 2. The third-order valence-electron chi connectivity index (χ3n) is 4.62. The van der Waals surface area contributed by atoms with E-state index in [-0.39, 0.29) is 11.7 Å². The standard InChI is InChI=1S/C19H15F3N2O3/c1-25-18(10-26-11-18)14-6-4-13(5-7-14)17-23-16(24-27-17)12-2-8-15(9-3-12)19(20,21)22/h2-9H,10-11H2,1H3. The maximum Gasteiger partial charge on any atom is 0.416 e. The van der Waals surface area contributed by atoms with Crippen LogP contribution in [0, 0.1) is 0 Å². The van der Waals surface area contributed by atoms with E-state index in [0.29, 0.717) is 24.3 Å². The van der Waals surface area contributed by atoms with Crippen molar-refractivity contribution in [3.8, 4) is 22.8 Å². The molecule has 0 saturated carbocycles. The van der Waals surface area contributed by atoms with E-state index in [1.165, 1.54) is 12.1 Å². The first-order valence-electron chi connectivity index (χ1n) is 8.16. The second-order valence-corrected chi connectivity index (χ2v) is 6.27. The third kappa shape index (κ3) is 3.22. The smallest absolute Gasteiger partial charge is 0.375 e. The topological polar surface area (TPSA) is 57.4 Å². The van der Waals surface area contributed by atoms with Crippen LogP contribution in [-0.4, -0.2) is 30.5 Å². The zero-order chi connectivity index (χ0) is 19.1. The Morgan fingerprint density at radius 2 is 1.59 bits per heavy atom.